The number of hydrogen-bond acceptors (Lipinski definition) is 3. The Morgan fingerprint density at radius 1 is 1.33 bits per heavy atom. The second kappa shape index (κ2) is 8.25. The van der Waals surface area contributed by atoms with Gasteiger partial charge in [0.25, 0.3) is 5.91 Å². The second-order valence-corrected chi connectivity index (χ2v) is 5.49. The van der Waals surface area contributed by atoms with Crippen LogP contribution in [-0.2, 0) is 0 Å². The van der Waals surface area contributed by atoms with Gasteiger partial charge in [-0.25, -0.2) is 0 Å². The summed E-state index contributed by atoms with van der Waals surface area (Å²) in [7, 11) is 0. The van der Waals surface area contributed by atoms with E-state index in [1.165, 1.54) is 0 Å². The van der Waals surface area contributed by atoms with E-state index in [1.807, 2.05) is 36.1 Å². The molecule has 0 aliphatic carbocycles. The quantitative estimate of drug-likeness (QED) is 0.930. The van der Waals surface area contributed by atoms with E-state index in [1.54, 1.807) is 0 Å². The average molecular weight is 313 g/mol. The summed E-state index contributed by atoms with van der Waals surface area (Å²) in [5.41, 5.74) is 6.58. The molecule has 1 atom stereocenters. The fourth-order valence-electron chi connectivity index (χ4n) is 2.28. The number of piperidine rings is 1. The molecule has 1 aliphatic heterocycles. The van der Waals surface area contributed by atoms with E-state index in [2.05, 4.69) is 6.92 Å². The standard InChI is InChI=1S/C16H24N2O2.ClH/c1-3-12(2)20-15-6-4-13(5-7-15)16(19)18-10-8-14(17)9-11-18;/h4-7,12,14H,3,8-11,17H2,1-2H3;1H. The summed E-state index contributed by atoms with van der Waals surface area (Å²) in [6, 6.07) is 7.66. The highest BCUT2D eigenvalue weighted by Crippen LogP contribution is 2.17. The lowest BCUT2D eigenvalue weighted by Gasteiger charge is -2.30. The lowest BCUT2D eigenvalue weighted by Crippen LogP contribution is -2.42. The first kappa shape index (κ1) is 17.8. The Kier molecular flexibility index (Phi) is 6.99. The topological polar surface area (TPSA) is 55.6 Å². The third-order valence-electron chi connectivity index (χ3n) is 3.84. The molecule has 118 valence electrons. The molecular weight excluding hydrogens is 288 g/mol. The molecule has 21 heavy (non-hydrogen) atoms. The van der Waals surface area contributed by atoms with Crippen LogP contribution in [0, 0.1) is 0 Å². The zero-order chi connectivity index (χ0) is 14.5. The highest BCUT2D eigenvalue weighted by Gasteiger charge is 2.21. The summed E-state index contributed by atoms with van der Waals surface area (Å²) in [6.45, 7) is 5.63. The molecule has 2 N–H and O–H groups in total. The van der Waals surface area contributed by atoms with Crippen molar-refractivity contribution in [3.63, 3.8) is 0 Å². The maximum atomic E-state index is 12.3. The van der Waals surface area contributed by atoms with Crippen molar-refractivity contribution >= 4 is 18.3 Å². The Morgan fingerprint density at radius 2 is 1.90 bits per heavy atom. The van der Waals surface area contributed by atoms with E-state index in [-0.39, 0.29) is 30.5 Å². The first-order valence-electron chi connectivity index (χ1n) is 7.41. The van der Waals surface area contributed by atoms with Gasteiger partial charge in [-0.3, -0.25) is 4.79 Å². The van der Waals surface area contributed by atoms with Gasteiger partial charge in [0, 0.05) is 24.7 Å². The predicted octanol–water partition coefficient (Wildman–Crippen LogP) is 2.85. The molecule has 1 aliphatic rings. The van der Waals surface area contributed by atoms with E-state index >= 15 is 0 Å². The lowest BCUT2D eigenvalue weighted by atomic mass is 10.0. The van der Waals surface area contributed by atoms with Crippen molar-refractivity contribution in [3.8, 4) is 5.75 Å². The fourth-order valence-corrected chi connectivity index (χ4v) is 2.28. The van der Waals surface area contributed by atoms with E-state index in [9.17, 15) is 4.79 Å². The number of carbonyl (C=O) groups excluding carboxylic acids is 1. The zero-order valence-corrected chi connectivity index (χ0v) is 13.6. The third kappa shape index (κ3) is 4.90. The highest BCUT2D eigenvalue weighted by atomic mass is 35.5. The largest absolute Gasteiger partial charge is 0.491 e. The van der Waals surface area contributed by atoms with Gasteiger partial charge in [0.05, 0.1) is 6.10 Å². The molecule has 5 heteroatoms. The Hall–Kier alpha value is -1.26. The van der Waals surface area contributed by atoms with Crippen LogP contribution in [-0.4, -0.2) is 36.0 Å². The van der Waals surface area contributed by atoms with E-state index < -0.39 is 0 Å². The van der Waals surface area contributed by atoms with Gasteiger partial charge < -0.3 is 15.4 Å². The lowest BCUT2D eigenvalue weighted by molar-refractivity contribution is 0.0714. The van der Waals surface area contributed by atoms with Crippen molar-refractivity contribution in [1.82, 2.24) is 4.90 Å². The number of nitrogens with two attached hydrogens (primary N) is 1. The first-order valence-corrected chi connectivity index (χ1v) is 7.41. The maximum absolute atomic E-state index is 12.3. The molecule has 0 bridgehead atoms. The van der Waals surface area contributed by atoms with Crippen LogP contribution in [0.5, 0.6) is 5.75 Å². The van der Waals surface area contributed by atoms with Crippen molar-refractivity contribution in [3.05, 3.63) is 29.8 Å². The first-order chi connectivity index (χ1) is 9.60. The zero-order valence-electron chi connectivity index (χ0n) is 12.7. The van der Waals surface area contributed by atoms with Crippen LogP contribution in [0.1, 0.15) is 43.5 Å². The van der Waals surface area contributed by atoms with Crippen LogP contribution >= 0.6 is 12.4 Å². The Labute approximate surface area is 133 Å². The number of ether oxygens (including phenoxy) is 1. The summed E-state index contributed by atoms with van der Waals surface area (Å²) in [6.07, 6.45) is 2.94. The smallest absolute Gasteiger partial charge is 0.253 e. The van der Waals surface area contributed by atoms with Gasteiger partial charge >= 0.3 is 0 Å². The van der Waals surface area contributed by atoms with Gasteiger partial charge in [-0.2, -0.15) is 0 Å². The molecule has 1 aromatic carbocycles. The molecule has 4 nitrogen and oxygen atoms in total. The number of hydrogen-bond donors (Lipinski definition) is 1. The SMILES string of the molecule is CCC(C)Oc1ccc(C(=O)N2CCC(N)CC2)cc1.Cl. The van der Waals surface area contributed by atoms with Crippen LogP contribution in [0.15, 0.2) is 24.3 Å². The van der Waals surface area contributed by atoms with Gasteiger partial charge in [0.2, 0.25) is 0 Å². The van der Waals surface area contributed by atoms with E-state index in [0.717, 1.165) is 43.7 Å². The number of likely N-dealkylation sites (tertiary alicyclic amines) is 1. The molecule has 1 saturated heterocycles. The molecule has 0 spiro atoms. The minimum Gasteiger partial charge on any atom is -0.491 e. The third-order valence-corrected chi connectivity index (χ3v) is 3.84. The average Bonchev–Trinajstić information content (AvgIpc) is 2.48. The Balaban J connectivity index is 0.00000220. The number of nitrogens with zero attached hydrogens (tertiary/aromatic N) is 1. The maximum Gasteiger partial charge on any atom is 0.253 e. The normalized spacial score (nSPS) is 17.0. The van der Waals surface area contributed by atoms with Crippen molar-refractivity contribution in [2.45, 2.75) is 45.3 Å². The molecule has 1 unspecified atom stereocenters. The minimum absolute atomic E-state index is 0. The summed E-state index contributed by atoms with van der Waals surface area (Å²) in [4.78, 5) is 14.2. The van der Waals surface area contributed by atoms with E-state index in [0.29, 0.717) is 0 Å². The van der Waals surface area contributed by atoms with Crippen LogP contribution in [0.3, 0.4) is 0 Å². The molecule has 1 fully saturated rings. The minimum atomic E-state index is 0. The molecule has 0 saturated carbocycles. The van der Waals surface area contributed by atoms with Crippen LogP contribution in [0.2, 0.25) is 0 Å². The number of benzene rings is 1. The van der Waals surface area contributed by atoms with Gasteiger partial charge in [0.15, 0.2) is 0 Å². The van der Waals surface area contributed by atoms with Crippen molar-refractivity contribution in [1.29, 1.82) is 0 Å². The summed E-state index contributed by atoms with van der Waals surface area (Å²) >= 11 is 0. The Morgan fingerprint density at radius 3 is 2.43 bits per heavy atom. The molecule has 0 aromatic heterocycles. The van der Waals surface area contributed by atoms with Crippen molar-refractivity contribution in [2.75, 3.05) is 13.1 Å². The van der Waals surface area contributed by atoms with Crippen molar-refractivity contribution < 1.29 is 9.53 Å². The Bertz CT molecular complexity index is 442. The number of amides is 1. The van der Waals surface area contributed by atoms with Crippen molar-refractivity contribution in [2.24, 2.45) is 5.73 Å². The van der Waals surface area contributed by atoms with Gasteiger partial charge in [0.1, 0.15) is 5.75 Å². The monoisotopic (exact) mass is 312 g/mol. The van der Waals surface area contributed by atoms with Gasteiger partial charge in [-0.15, -0.1) is 12.4 Å². The number of carbonyl (C=O) groups is 1. The fraction of sp³-hybridized carbons (Fsp3) is 0.562. The number of halogens is 1. The summed E-state index contributed by atoms with van der Waals surface area (Å²) < 4.78 is 5.72. The summed E-state index contributed by atoms with van der Waals surface area (Å²) in [5.74, 6) is 0.906. The van der Waals surface area contributed by atoms with Crippen LogP contribution in [0.4, 0.5) is 0 Å². The highest BCUT2D eigenvalue weighted by molar-refractivity contribution is 5.94. The predicted molar refractivity (Wildman–Crippen MR) is 87.2 cm³/mol. The van der Waals surface area contributed by atoms with Crippen LogP contribution < -0.4 is 10.5 Å². The summed E-state index contributed by atoms with van der Waals surface area (Å²) in [5, 5.41) is 0. The van der Waals surface area contributed by atoms with Gasteiger partial charge in [-0.1, -0.05) is 6.92 Å². The molecular formula is C16H25ClN2O2. The number of rotatable bonds is 4. The van der Waals surface area contributed by atoms with E-state index in [4.69, 9.17) is 10.5 Å². The van der Waals surface area contributed by atoms with Gasteiger partial charge in [-0.05, 0) is 50.5 Å². The molecule has 1 amide bonds. The molecule has 1 heterocycles. The molecule has 0 radical (unpaired) electrons. The second-order valence-electron chi connectivity index (χ2n) is 5.49. The molecule has 1 aromatic rings. The van der Waals surface area contributed by atoms with Crippen LogP contribution in [0.25, 0.3) is 0 Å². The molecule has 2 rings (SSSR count).